The van der Waals surface area contributed by atoms with Crippen LogP contribution in [-0.2, 0) is 16.7 Å². The molecule has 1 unspecified atom stereocenters. The van der Waals surface area contributed by atoms with Gasteiger partial charge in [-0.15, -0.1) is 0 Å². The van der Waals surface area contributed by atoms with Crippen molar-refractivity contribution in [2.24, 2.45) is 11.1 Å². The zero-order valence-corrected chi connectivity index (χ0v) is 16.9. The number of hydrogen-bond donors (Lipinski definition) is 1. The van der Waals surface area contributed by atoms with Crippen molar-refractivity contribution >= 4 is 11.8 Å². The molecule has 5 rings (SSSR count). The predicted octanol–water partition coefficient (Wildman–Crippen LogP) is 5.26. The second-order valence-corrected chi connectivity index (χ2v) is 8.11. The van der Waals surface area contributed by atoms with Gasteiger partial charge in [0, 0.05) is 29.0 Å². The van der Waals surface area contributed by atoms with Crippen LogP contribution in [0, 0.1) is 11.7 Å². The Morgan fingerprint density at radius 1 is 1.10 bits per heavy atom. The van der Waals surface area contributed by atoms with E-state index in [1.807, 2.05) is 30.3 Å². The summed E-state index contributed by atoms with van der Waals surface area (Å²) in [7, 11) is 1.59. The van der Waals surface area contributed by atoms with E-state index < -0.39 is 0 Å². The van der Waals surface area contributed by atoms with Crippen molar-refractivity contribution in [2.75, 3.05) is 7.11 Å². The predicted molar refractivity (Wildman–Crippen MR) is 116 cm³/mol. The maximum absolute atomic E-state index is 13.6. The highest BCUT2D eigenvalue weighted by Gasteiger charge is 2.38. The van der Waals surface area contributed by atoms with E-state index in [0.29, 0.717) is 12.3 Å². The third kappa shape index (κ3) is 3.05. The Bertz CT molecular complexity index is 1100. The number of rotatable bonds is 5. The van der Waals surface area contributed by atoms with Gasteiger partial charge >= 0.3 is 0 Å². The van der Waals surface area contributed by atoms with Gasteiger partial charge in [0.2, 0.25) is 0 Å². The molecule has 2 aromatic carbocycles. The number of nitrogens with zero attached hydrogens (tertiary/aromatic N) is 2. The fourth-order valence-electron chi connectivity index (χ4n) is 4.60. The highest BCUT2D eigenvalue weighted by Crippen LogP contribution is 2.42. The highest BCUT2D eigenvalue weighted by atomic mass is 19.1. The number of aromatic amines is 1. The monoisotopic (exact) mass is 401 g/mol. The number of oxime groups is 1. The molecule has 1 aromatic heterocycles. The number of aromatic nitrogens is 2. The van der Waals surface area contributed by atoms with Crippen molar-refractivity contribution in [3.63, 3.8) is 0 Å². The standard InChI is InChI=1S/C25H24FN3O/c1-30-29-23(17-6-5-7-17)24-21-14-15-25(16-22(21)27-28-24,18-8-3-2-4-9-18)19-10-12-20(26)13-11-19/h2-4,8-15,17H,5-7,16H2,1H3,(H,27,28)/b29-23+. The molecule has 1 saturated carbocycles. The van der Waals surface area contributed by atoms with Crippen LogP contribution in [0.5, 0.6) is 0 Å². The Morgan fingerprint density at radius 3 is 2.50 bits per heavy atom. The zero-order valence-electron chi connectivity index (χ0n) is 16.9. The smallest absolute Gasteiger partial charge is 0.123 e. The fourth-order valence-corrected chi connectivity index (χ4v) is 4.60. The van der Waals surface area contributed by atoms with Crippen LogP contribution in [0.15, 0.2) is 65.8 Å². The van der Waals surface area contributed by atoms with E-state index in [2.05, 4.69) is 39.6 Å². The number of H-pyrrole nitrogens is 1. The van der Waals surface area contributed by atoms with Crippen LogP contribution in [0.25, 0.3) is 6.08 Å². The molecule has 5 heteroatoms. The van der Waals surface area contributed by atoms with Crippen molar-refractivity contribution in [3.8, 4) is 0 Å². The Labute approximate surface area is 175 Å². The van der Waals surface area contributed by atoms with Crippen LogP contribution >= 0.6 is 0 Å². The Balaban J connectivity index is 1.60. The molecule has 30 heavy (non-hydrogen) atoms. The molecule has 0 aliphatic heterocycles. The third-order valence-electron chi connectivity index (χ3n) is 6.45. The first-order valence-corrected chi connectivity index (χ1v) is 10.4. The van der Waals surface area contributed by atoms with Gasteiger partial charge in [-0.1, -0.05) is 66.2 Å². The number of hydrogen-bond acceptors (Lipinski definition) is 3. The van der Waals surface area contributed by atoms with Crippen molar-refractivity contribution in [1.82, 2.24) is 10.2 Å². The van der Waals surface area contributed by atoms with E-state index in [9.17, 15) is 4.39 Å². The Kier molecular flexibility index (Phi) is 4.74. The average Bonchev–Trinajstić information content (AvgIpc) is 3.16. The molecule has 0 bridgehead atoms. The summed E-state index contributed by atoms with van der Waals surface area (Å²) in [6.07, 6.45) is 8.54. The first-order valence-electron chi connectivity index (χ1n) is 10.4. The van der Waals surface area contributed by atoms with Crippen molar-refractivity contribution < 1.29 is 9.23 Å². The van der Waals surface area contributed by atoms with Gasteiger partial charge < -0.3 is 4.84 Å². The third-order valence-corrected chi connectivity index (χ3v) is 6.45. The summed E-state index contributed by atoms with van der Waals surface area (Å²) < 4.78 is 13.6. The van der Waals surface area contributed by atoms with Crippen molar-refractivity contribution in [3.05, 3.63) is 94.6 Å². The molecule has 2 aliphatic carbocycles. The normalized spacial score (nSPS) is 21.2. The van der Waals surface area contributed by atoms with E-state index in [1.165, 1.54) is 24.1 Å². The molecule has 1 N–H and O–H groups in total. The fraction of sp³-hybridized carbons (Fsp3) is 0.280. The summed E-state index contributed by atoms with van der Waals surface area (Å²) >= 11 is 0. The summed E-state index contributed by atoms with van der Waals surface area (Å²) in [5.41, 5.74) is 5.78. The second-order valence-electron chi connectivity index (χ2n) is 8.11. The summed E-state index contributed by atoms with van der Waals surface area (Å²) in [5, 5.41) is 12.2. The molecule has 0 saturated heterocycles. The lowest BCUT2D eigenvalue weighted by Gasteiger charge is -2.34. The van der Waals surface area contributed by atoms with E-state index >= 15 is 0 Å². The molecule has 1 heterocycles. The molecule has 1 fully saturated rings. The minimum absolute atomic E-state index is 0.229. The van der Waals surface area contributed by atoms with Gasteiger partial charge in [0.15, 0.2) is 0 Å². The molecule has 0 amide bonds. The molecule has 0 radical (unpaired) electrons. The molecule has 3 aromatic rings. The number of benzene rings is 2. The van der Waals surface area contributed by atoms with Gasteiger partial charge in [0.25, 0.3) is 0 Å². The second kappa shape index (κ2) is 7.56. The summed E-state index contributed by atoms with van der Waals surface area (Å²) in [6, 6.07) is 17.2. The van der Waals surface area contributed by atoms with E-state index in [-0.39, 0.29) is 11.2 Å². The van der Waals surface area contributed by atoms with Gasteiger partial charge in [-0.05, 0) is 36.1 Å². The maximum atomic E-state index is 13.6. The largest absolute Gasteiger partial charge is 0.399 e. The lowest BCUT2D eigenvalue weighted by Crippen LogP contribution is -2.31. The molecular formula is C25H24FN3O. The van der Waals surface area contributed by atoms with Crippen molar-refractivity contribution in [1.29, 1.82) is 0 Å². The summed E-state index contributed by atoms with van der Waals surface area (Å²) in [6.45, 7) is 0. The Morgan fingerprint density at radius 2 is 1.83 bits per heavy atom. The highest BCUT2D eigenvalue weighted by molar-refractivity contribution is 6.04. The minimum Gasteiger partial charge on any atom is -0.399 e. The van der Waals surface area contributed by atoms with Crippen LogP contribution in [0.4, 0.5) is 4.39 Å². The first kappa shape index (κ1) is 18.8. The van der Waals surface area contributed by atoms with E-state index in [0.717, 1.165) is 41.1 Å². The number of nitrogens with one attached hydrogen (secondary N) is 1. The quantitative estimate of drug-likeness (QED) is 0.469. The topological polar surface area (TPSA) is 50.3 Å². The molecule has 1 atom stereocenters. The van der Waals surface area contributed by atoms with E-state index in [1.54, 1.807) is 7.11 Å². The molecule has 2 aliphatic rings. The molecular weight excluding hydrogens is 377 g/mol. The number of allylic oxidation sites excluding steroid dienone is 1. The SMILES string of the molecule is CO/N=C(/c1n[nH]c2c1C=CC(c1ccccc1)(c1ccc(F)cc1)C2)C1CCC1. The number of fused-ring (bicyclic) bond motifs is 1. The van der Waals surface area contributed by atoms with Gasteiger partial charge in [0.05, 0.1) is 0 Å². The molecule has 152 valence electrons. The zero-order chi connectivity index (χ0) is 20.6. The Hall–Kier alpha value is -3.21. The van der Waals surface area contributed by atoms with Crippen LogP contribution in [0.3, 0.4) is 0 Å². The summed E-state index contributed by atoms with van der Waals surface area (Å²) in [4.78, 5) is 5.14. The first-order chi connectivity index (χ1) is 14.7. The lowest BCUT2D eigenvalue weighted by atomic mass is 9.68. The van der Waals surface area contributed by atoms with Crippen LogP contribution < -0.4 is 0 Å². The lowest BCUT2D eigenvalue weighted by molar-refractivity contribution is 0.208. The number of halogens is 1. The van der Waals surface area contributed by atoms with Crippen LogP contribution in [-0.4, -0.2) is 23.0 Å². The minimum atomic E-state index is -0.388. The summed E-state index contributed by atoms with van der Waals surface area (Å²) in [5.74, 6) is 0.177. The van der Waals surface area contributed by atoms with Gasteiger partial charge in [-0.3, -0.25) is 5.10 Å². The van der Waals surface area contributed by atoms with Crippen LogP contribution in [0.2, 0.25) is 0 Å². The van der Waals surface area contributed by atoms with Gasteiger partial charge in [-0.2, -0.15) is 5.10 Å². The maximum Gasteiger partial charge on any atom is 0.123 e. The molecule has 0 spiro atoms. The van der Waals surface area contributed by atoms with E-state index in [4.69, 9.17) is 4.84 Å². The van der Waals surface area contributed by atoms with Gasteiger partial charge in [-0.25, -0.2) is 4.39 Å². The molecule has 4 nitrogen and oxygen atoms in total. The van der Waals surface area contributed by atoms with Crippen molar-refractivity contribution in [2.45, 2.75) is 31.1 Å². The van der Waals surface area contributed by atoms with Crippen LogP contribution in [0.1, 0.15) is 47.3 Å². The van der Waals surface area contributed by atoms with Gasteiger partial charge in [0.1, 0.15) is 24.3 Å². The average molecular weight is 401 g/mol.